The van der Waals surface area contributed by atoms with Gasteiger partial charge in [-0.2, -0.15) is 0 Å². The number of amides is 1. The Bertz CT molecular complexity index is 298. The van der Waals surface area contributed by atoms with Crippen LogP contribution in [0.2, 0.25) is 0 Å². The number of hydrogen-bond donors (Lipinski definition) is 2. The molecule has 0 spiro atoms. The zero-order valence-corrected chi connectivity index (χ0v) is 9.30. The van der Waals surface area contributed by atoms with E-state index in [4.69, 9.17) is 5.11 Å². The second kappa shape index (κ2) is 5.65. The van der Waals surface area contributed by atoms with Crippen LogP contribution in [0, 0.1) is 5.92 Å². The summed E-state index contributed by atoms with van der Waals surface area (Å²) in [4.78, 5) is 23.4. The second-order valence-electron chi connectivity index (χ2n) is 4.10. The van der Waals surface area contributed by atoms with E-state index in [0.717, 1.165) is 25.0 Å². The van der Waals surface area contributed by atoms with Crippen molar-refractivity contribution in [3.8, 4) is 0 Å². The summed E-state index contributed by atoms with van der Waals surface area (Å²) in [5.41, 5.74) is 0. The average Bonchev–Trinajstić information content (AvgIpc) is 2.26. The van der Waals surface area contributed by atoms with Crippen LogP contribution in [0.15, 0.2) is 12.2 Å². The number of rotatable bonds is 3. The summed E-state index contributed by atoms with van der Waals surface area (Å²) in [5, 5.41) is 17.8. The lowest BCUT2D eigenvalue weighted by Crippen LogP contribution is -2.42. The Morgan fingerprint density at radius 1 is 1.44 bits per heavy atom. The fraction of sp³-hybridized carbons (Fsp3) is 0.636. The van der Waals surface area contributed by atoms with Gasteiger partial charge in [-0.1, -0.05) is 0 Å². The summed E-state index contributed by atoms with van der Waals surface area (Å²) < 4.78 is 0. The highest BCUT2D eigenvalue weighted by Crippen LogP contribution is 2.19. The number of aliphatic hydroxyl groups is 1. The van der Waals surface area contributed by atoms with Crippen LogP contribution in [0.1, 0.15) is 19.8 Å². The highest BCUT2D eigenvalue weighted by molar-refractivity contribution is 5.93. The van der Waals surface area contributed by atoms with Crippen LogP contribution in [-0.2, 0) is 9.59 Å². The van der Waals surface area contributed by atoms with Gasteiger partial charge in [-0.25, -0.2) is 4.79 Å². The minimum Gasteiger partial charge on any atom is -0.478 e. The molecule has 0 aromatic heterocycles. The summed E-state index contributed by atoms with van der Waals surface area (Å²) in [6.45, 7) is 2.85. The van der Waals surface area contributed by atoms with Crippen LogP contribution in [0.5, 0.6) is 0 Å². The molecule has 90 valence electrons. The maximum absolute atomic E-state index is 11.6. The van der Waals surface area contributed by atoms with Crippen molar-refractivity contribution < 1.29 is 19.8 Å². The highest BCUT2D eigenvalue weighted by atomic mass is 16.4. The smallest absolute Gasteiger partial charge is 0.328 e. The van der Waals surface area contributed by atoms with Gasteiger partial charge in [0.25, 0.3) is 0 Å². The Labute approximate surface area is 94.4 Å². The van der Waals surface area contributed by atoms with E-state index in [9.17, 15) is 14.7 Å². The molecule has 1 rings (SSSR count). The summed E-state index contributed by atoms with van der Waals surface area (Å²) in [7, 11) is 0. The van der Waals surface area contributed by atoms with E-state index in [1.165, 1.54) is 0 Å². The number of nitrogens with zero attached hydrogens (tertiary/aromatic N) is 1. The molecule has 0 radical (unpaired) electrons. The third kappa shape index (κ3) is 3.66. The van der Waals surface area contributed by atoms with E-state index in [0.29, 0.717) is 13.1 Å². The van der Waals surface area contributed by atoms with Crippen molar-refractivity contribution in [2.24, 2.45) is 5.92 Å². The molecule has 1 saturated heterocycles. The molecule has 0 bridgehead atoms. The number of aliphatic carboxylic acids is 1. The number of carboxylic acid groups (broad SMARTS) is 1. The van der Waals surface area contributed by atoms with Gasteiger partial charge < -0.3 is 15.1 Å². The van der Waals surface area contributed by atoms with Crippen LogP contribution in [-0.4, -0.2) is 46.2 Å². The molecule has 1 aliphatic heterocycles. The number of carboxylic acids is 1. The van der Waals surface area contributed by atoms with Crippen LogP contribution < -0.4 is 0 Å². The second-order valence-corrected chi connectivity index (χ2v) is 4.10. The fourth-order valence-electron chi connectivity index (χ4n) is 1.85. The molecule has 0 aromatic carbocycles. The molecular formula is C11H17NO4. The SMILES string of the molecule is CC(O)C1CCCN(C(=O)/C=C/C(=O)O)C1. The standard InChI is InChI=1S/C11H17NO4/c1-8(13)9-3-2-6-12(7-9)10(14)4-5-11(15)16/h4-5,8-9,13H,2-3,6-7H2,1H3,(H,15,16)/b5-4+. The minimum atomic E-state index is -1.13. The van der Waals surface area contributed by atoms with Gasteiger partial charge in [0.15, 0.2) is 0 Å². The Kier molecular flexibility index (Phi) is 4.49. The Hall–Kier alpha value is -1.36. The van der Waals surface area contributed by atoms with E-state index in [1.807, 2.05) is 0 Å². The maximum Gasteiger partial charge on any atom is 0.328 e. The van der Waals surface area contributed by atoms with Crippen molar-refractivity contribution in [1.29, 1.82) is 0 Å². The van der Waals surface area contributed by atoms with Gasteiger partial charge in [0.1, 0.15) is 0 Å². The normalized spacial score (nSPS) is 23.4. The van der Waals surface area contributed by atoms with Gasteiger partial charge >= 0.3 is 5.97 Å². The van der Waals surface area contributed by atoms with Crippen molar-refractivity contribution in [2.45, 2.75) is 25.9 Å². The zero-order chi connectivity index (χ0) is 12.1. The number of aliphatic hydroxyl groups excluding tert-OH is 1. The Balaban J connectivity index is 2.53. The Morgan fingerprint density at radius 2 is 2.12 bits per heavy atom. The van der Waals surface area contributed by atoms with Gasteiger partial charge in [-0.15, -0.1) is 0 Å². The van der Waals surface area contributed by atoms with Gasteiger partial charge in [-0.3, -0.25) is 4.79 Å². The largest absolute Gasteiger partial charge is 0.478 e. The van der Waals surface area contributed by atoms with E-state index in [1.54, 1.807) is 11.8 Å². The summed E-state index contributed by atoms with van der Waals surface area (Å²) in [5.74, 6) is -1.33. The first-order valence-electron chi connectivity index (χ1n) is 5.38. The third-order valence-corrected chi connectivity index (χ3v) is 2.82. The summed E-state index contributed by atoms with van der Waals surface area (Å²) >= 11 is 0. The molecule has 1 fully saturated rings. The third-order valence-electron chi connectivity index (χ3n) is 2.82. The van der Waals surface area contributed by atoms with Crippen LogP contribution in [0.4, 0.5) is 0 Å². The lowest BCUT2D eigenvalue weighted by molar-refractivity contribution is -0.133. The molecule has 2 atom stereocenters. The zero-order valence-electron chi connectivity index (χ0n) is 9.30. The molecule has 2 N–H and O–H groups in total. The lowest BCUT2D eigenvalue weighted by Gasteiger charge is -2.33. The van der Waals surface area contributed by atoms with Crippen LogP contribution in [0.3, 0.4) is 0 Å². The summed E-state index contributed by atoms with van der Waals surface area (Å²) in [6.07, 6.45) is 3.23. The van der Waals surface area contributed by atoms with Gasteiger partial charge in [0.2, 0.25) is 5.91 Å². The van der Waals surface area contributed by atoms with Crippen LogP contribution >= 0.6 is 0 Å². The van der Waals surface area contributed by atoms with E-state index >= 15 is 0 Å². The van der Waals surface area contributed by atoms with Crippen LogP contribution in [0.25, 0.3) is 0 Å². The number of carbonyl (C=O) groups is 2. The molecule has 2 unspecified atom stereocenters. The minimum absolute atomic E-state index is 0.0935. The molecule has 5 nitrogen and oxygen atoms in total. The van der Waals surface area contributed by atoms with Crippen molar-refractivity contribution in [2.75, 3.05) is 13.1 Å². The molecular weight excluding hydrogens is 210 g/mol. The number of likely N-dealkylation sites (tertiary alicyclic amines) is 1. The van der Waals surface area contributed by atoms with Crippen molar-refractivity contribution in [3.63, 3.8) is 0 Å². The molecule has 16 heavy (non-hydrogen) atoms. The maximum atomic E-state index is 11.6. The number of piperidine rings is 1. The van der Waals surface area contributed by atoms with E-state index in [-0.39, 0.29) is 11.8 Å². The Morgan fingerprint density at radius 3 is 2.69 bits per heavy atom. The number of hydrogen-bond acceptors (Lipinski definition) is 3. The van der Waals surface area contributed by atoms with Crippen molar-refractivity contribution in [1.82, 2.24) is 4.90 Å². The van der Waals surface area contributed by atoms with Crippen molar-refractivity contribution >= 4 is 11.9 Å². The fourth-order valence-corrected chi connectivity index (χ4v) is 1.85. The molecule has 5 heteroatoms. The van der Waals surface area contributed by atoms with E-state index < -0.39 is 12.1 Å². The molecule has 0 aromatic rings. The summed E-state index contributed by atoms with van der Waals surface area (Å²) in [6, 6.07) is 0. The predicted octanol–water partition coefficient (Wildman–Crippen LogP) is 0.247. The molecule has 1 amide bonds. The van der Waals surface area contributed by atoms with Crippen molar-refractivity contribution in [3.05, 3.63) is 12.2 Å². The quantitative estimate of drug-likeness (QED) is 0.677. The first-order chi connectivity index (χ1) is 7.50. The molecule has 1 aliphatic rings. The average molecular weight is 227 g/mol. The predicted molar refractivity (Wildman–Crippen MR) is 57.8 cm³/mol. The number of carbonyl (C=O) groups excluding carboxylic acids is 1. The van der Waals surface area contributed by atoms with E-state index in [2.05, 4.69) is 0 Å². The topological polar surface area (TPSA) is 77.8 Å². The van der Waals surface area contributed by atoms with Gasteiger partial charge in [-0.05, 0) is 19.8 Å². The van der Waals surface area contributed by atoms with Gasteiger partial charge in [0.05, 0.1) is 6.10 Å². The lowest BCUT2D eigenvalue weighted by atomic mass is 9.93. The first kappa shape index (κ1) is 12.7. The molecule has 0 saturated carbocycles. The highest BCUT2D eigenvalue weighted by Gasteiger charge is 2.25. The molecule has 1 heterocycles. The van der Waals surface area contributed by atoms with Gasteiger partial charge in [0, 0.05) is 31.2 Å². The monoisotopic (exact) mass is 227 g/mol. The first-order valence-corrected chi connectivity index (χ1v) is 5.38. The molecule has 0 aliphatic carbocycles.